The van der Waals surface area contributed by atoms with Crippen molar-refractivity contribution in [3.05, 3.63) is 35.4 Å². The standard InChI is InChI=1S/C17H26ClNO/c1-12(2)10-15(11-18)19-16(20)13-6-8-14(9-7-13)17(3,4)5/h6-9,12,15H,10-11H2,1-5H3,(H,19,20). The number of benzene rings is 1. The van der Waals surface area contributed by atoms with Crippen molar-refractivity contribution >= 4 is 17.5 Å². The van der Waals surface area contributed by atoms with E-state index >= 15 is 0 Å². The molecular weight excluding hydrogens is 270 g/mol. The van der Waals surface area contributed by atoms with Crippen LogP contribution in [0.25, 0.3) is 0 Å². The first kappa shape index (κ1) is 17.0. The number of alkyl halides is 1. The molecule has 0 heterocycles. The van der Waals surface area contributed by atoms with Crippen LogP contribution in [0.5, 0.6) is 0 Å². The molecule has 0 radical (unpaired) electrons. The fourth-order valence-corrected chi connectivity index (χ4v) is 2.32. The predicted molar refractivity (Wildman–Crippen MR) is 86.6 cm³/mol. The summed E-state index contributed by atoms with van der Waals surface area (Å²) in [6.45, 7) is 10.7. The number of carbonyl (C=O) groups is 1. The van der Waals surface area contributed by atoms with Crippen LogP contribution in [0.3, 0.4) is 0 Å². The normalized spacial score (nSPS) is 13.3. The first-order chi connectivity index (χ1) is 9.24. The van der Waals surface area contributed by atoms with Crippen LogP contribution in [-0.4, -0.2) is 17.8 Å². The maximum Gasteiger partial charge on any atom is 0.251 e. The monoisotopic (exact) mass is 295 g/mol. The van der Waals surface area contributed by atoms with Gasteiger partial charge in [-0.2, -0.15) is 0 Å². The Hall–Kier alpha value is -1.02. The van der Waals surface area contributed by atoms with Crippen LogP contribution < -0.4 is 5.32 Å². The lowest BCUT2D eigenvalue weighted by molar-refractivity contribution is 0.0936. The Balaban J connectivity index is 2.72. The molecule has 0 aromatic heterocycles. The molecule has 1 N–H and O–H groups in total. The Morgan fingerprint density at radius 1 is 1.20 bits per heavy atom. The number of carbonyl (C=O) groups excluding carboxylic acids is 1. The number of hydrogen-bond acceptors (Lipinski definition) is 1. The second kappa shape index (κ2) is 7.12. The van der Waals surface area contributed by atoms with Crippen molar-refractivity contribution in [3.8, 4) is 0 Å². The first-order valence-electron chi connectivity index (χ1n) is 7.21. The highest BCUT2D eigenvalue weighted by Gasteiger charge is 2.16. The van der Waals surface area contributed by atoms with Crippen molar-refractivity contribution in [2.45, 2.75) is 52.5 Å². The molecule has 112 valence electrons. The molecule has 0 bridgehead atoms. The summed E-state index contributed by atoms with van der Waals surface area (Å²) in [7, 11) is 0. The van der Waals surface area contributed by atoms with Crippen LogP contribution >= 0.6 is 11.6 Å². The third-order valence-corrected chi connectivity index (χ3v) is 3.66. The van der Waals surface area contributed by atoms with E-state index in [1.807, 2.05) is 24.3 Å². The predicted octanol–water partition coefficient (Wildman–Crippen LogP) is 4.37. The van der Waals surface area contributed by atoms with Crippen LogP contribution in [-0.2, 0) is 5.41 Å². The highest BCUT2D eigenvalue weighted by molar-refractivity contribution is 6.18. The smallest absolute Gasteiger partial charge is 0.251 e. The van der Waals surface area contributed by atoms with Crippen molar-refractivity contribution in [1.82, 2.24) is 5.32 Å². The Morgan fingerprint density at radius 3 is 2.15 bits per heavy atom. The molecule has 1 rings (SSSR count). The molecule has 1 unspecified atom stereocenters. The molecular formula is C17H26ClNO. The van der Waals surface area contributed by atoms with Gasteiger partial charge in [-0.1, -0.05) is 46.8 Å². The summed E-state index contributed by atoms with van der Waals surface area (Å²) < 4.78 is 0. The Bertz CT molecular complexity index is 431. The zero-order valence-corrected chi connectivity index (χ0v) is 13.9. The van der Waals surface area contributed by atoms with Gasteiger partial charge in [0.05, 0.1) is 0 Å². The maximum atomic E-state index is 12.2. The molecule has 0 spiro atoms. The molecule has 1 atom stereocenters. The highest BCUT2D eigenvalue weighted by Crippen LogP contribution is 2.22. The maximum absolute atomic E-state index is 12.2. The summed E-state index contributed by atoms with van der Waals surface area (Å²) in [5, 5.41) is 3.00. The van der Waals surface area contributed by atoms with Gasteiger partial charge in [0, 0.05) is 17.5 Å². The highest BCUT2D eigenvalue weighted by atomic mass is 35.5. The SMILES string of the molecule is CC(C)CC(CCl)NC(=O)c1ccc(C(C)(C)C)cc1. The quantitative estimate of drug-likeness (QED) is 0.803. The van der Waals surface area contributed by atoms with Crippen molar-refractivity contribution in [2.24, 2.45) is 5.92 Å². The summed E-state index contributed by atoms with van der Waals surface area (Å²) >= 11 is 5.91. The molecule has 0 fully saturated rings. The van der Waals surface area contributed by atoms with Gasteiger partial charge in [0.1, 0.15) is 0 Å². The van der Waals surface area contributed by atoms with E-state index in [9.17, 15) is 4.79 Å². The Kier molecular flexibility index (Phi) is 6.07. The number of nitrogens with one attached hydrogen (secondary N) is 1. The zero-order valence-electron chi connectivity index (χ0n) is 13.2. The van der Waals surface area contributed by atoms with E-state index in [1.165, 1.54) is 5.56 Å². The summed E-state index contributed by atoms with van der Waals surface area (Å²) in [5.41, 5.74) is 2.02. The molecule has 1 amide bonds. The molecule has 0 saturated carbocycles. The van der Waals surface area contributed by atoms with Crippen molar-refractivity contribution < 1.29 is 4.79 Å². The van der Waals surface area contributed by atoms with E-state index in [2.05, 4.69) is 39.9 Å². The number of halogens is 1. The molecule has 0 aliphatic heterocycles. The van der Waals surface area contributed by atoms with E-state index in [1.54, 1.807) is 0 Å². The lowest BCUT2D eigenvalue weighted by Crippen LogP contribution is -2.37. The van der Waals surface area contributed by atoms with Gasteiger partial charge in [-0.05, 0) is 35.4 Å². The fraction of sp³-hybridized carbons (Fsp3) is 0.588. The van der Waals surface area contributed by atoms with E-state index in [0.717, 1.165) is 6.42 Å². The topological polar surface area (TPSA) is 29.1 Å². The number of amides is 1. The fourth-order valence-electron chi connectivity index (χ4n) is 2.12. The lowest BCUT2D eigenvalue weighted by atomic mass is 9.86. The molecule has 1 aromatic carbocycles. The van der Waals surface area contributed by atoms with Gasteiger partial charge in [-0.15, -0.1) is 11.6 Å². The minimum atomic E-state index is -0.0447. The minimum absolute atomic E-state index is 0.0338. The number of hydrogen-bond donors (Lipinski definition) is 1. The van der Waals surface area contributed by atoms with Gasteiger partial charge in [0.15, 0.2) is 0 Å². The molecule has 3 heteroatoms. The first-order valence-corrected chi connectivity index (χ1v) is 7.75. The van der Waals surface area contributed by atoms with Gasteiger partial charge in [0.2, 0.25) is 0 Å². The van der Waals surface area contributed by atoms with E-state index in [-0.39, 0.29) is 17.4 Å². The minimum Gasteiger partial charge on any atom is -0.348 e. The zero-order chi connectivity index (χ0) is 15.3. The van der Waals surface area contributed by atoms with Gasteiger partial charge in [-0.3, -0.25) is 4.79 Å². The Labute approximate surface area is 127 Å². The largest absolute Gasteiger partial charge is 0.348 e. The second-order valence-electron chi connectivity index (χ2n) is 6.78. The van der Waals surface area contributed by atoms with E-state index < -0.39 is 0 Å². The third-order valence-electron chi connectivity index (χ3n) is 3.29. The van der Waals surface area contributed by atoms with Crippen LogP contribution in [0, 0.1) is 5.92 Å². The van der Waals surface area contributed by atoms with Crippen molar-refractivity contribution in [3.63, 3.8) is 0 Å². The third kappa shape index (κ3) is 5.16. The van der Waals surface area contributed by atoms with Crippen molar-refractivity contribution in [1.29, 1.82) is 0 Å². The summed E-state index contributed by atoms with van der Waals surface area (Å²) in [6, 6.07) is 7.85. The molecule has 0 saturated heterocycles. The molecule has 2 nitrogen and oxygen atoms in total. The Morgan fingerprint density at radius 2 is 1.75 bits per heavy atom. The van der Waals surface area contributed by atoms with Crippen LogP contribution in [0.4, 0.5) is 0 Å². The van der Waals surface area contributed by atoms with Gasteiger partial charge < -0.3 is 5.32 Å². The molecule has 1 aromatic rings. The second-order valence-corrected chi connectivity index (χ2v) is 7.09. The van der Waals surface area contributed by atoms with Gasteiger partial charge >= 0.3 is 0 Å². The number of rotatable bonds is 5. The van der Waals surface area contributed by atoms with Crippen LogP contribution in [0.1, 0.15) is 57.0 Å². The summed E-state index contributed by atoms with van der Waals surface area (Å²) in [6.07, 6.45) is 0.898. The van der Waals surface area contributed by atoms with E-state index in [4.69, 9.17) is 11.6 Å². The molecule has 20 heavy (non-hydrogen) atoms. The molecule has 0 aliphatic carbocycles. The average Bonchev–Trinajstić information content (AvgIpc) is 2.36. The van der Waals surface area contributed by atoms with Crippen LogP contribution in [0.2, 0.25) is 0 Å². The van der Waals surface area contributed by atoms with Crippen LogP contribution in [0.15, 0.2) is 24.3 Å². The van der Waals surface area contributed by atoms with Gasteiger partial charge in [-0.25, -0.2) is 0 Å². The summed E-state index contributed by atoms with van der Waals surface area (Å²) in [4.78, 5) is 12.2. The van der Waals surface area contributed by atoms with Crippen molar-refractivity contribution in [2.75, 3.05) is 5.88 Å². The average molecular weight is 296 g/mol. The lowest BCUT2D eigenvalue weighted by Gasteiger charge is -2.20. The van der Waals surface area contributed by atoms with Gasteiger partial charge in [0.25, 0.3) is 5.91 Å². The summed E-state index contributed by atoms with van der Waals surface area (Å²) in [5.74, 6) is 0.920. The van der Waals surface area contributed by atoms with E-state index in [0.29, 0.717) is 17.4 Å². The molecule has 0 aliphatic rings.